The molecular weight excluding hydrogens is 244 g/mol. The molecule has 0 aliphatic heterocycles. The molecule has 0 atom stereocenters. The maximum absolute atomic E-state index is 11.7. The molecule has 0 spiro atoms. The minimum atomic E-state index is -3.63. The van der Waals surface area contributed by atoms with Crippen LogP contribution in [0.4, 0.5) is 0 Å². The fourth-order valence-corrected chi connectivity index (χ4v) is 2.37. The normalized spacial score (nSPS) is 11.5. The Morgan fingerprint density at radius 1 is 1.47 bits per heavy atom. The zero-order valence-corrected chi connectivity index (χ0v) is 9.69. The Morgan fingerprint density at radius 2 is 2.18 bits per heavy atom. The van der Waals surface area contributed by atoms with E-state index < -0.39 is 21.3 Å². The van der Waals surface area contributed by atoms with Gasteiger partial charge in [-0.25, -0.2) is 13.2 Å². The Balaban J connectivity index is 2.72. The molecule has 0 N–H and O–H groups in total. The minimum Gasteiger partial charge on any atom is -0.408 e. The summed E-state index contributed by atoms with van der Waals surface area (Å²) in [7, 11) is -2.15. The molecule has 1 aromatic heterocycles. The van der Waals surface area contributed by atoms with Crippen molar-refractivity contribution < 1.29 is 12.8 Å². The summed E-state index contributed by atoms with van der Waals surface area (Å²) >= 11 is 0. The lowest BCUT2D eigenvalue weighted by Crippen LogP contribution is -2.09. The molecule has 7 heteroatoms. The molecule has 0 saturated carbocycles. The number of nitrogens with zero attached hydrogens (tertiary/aromatic N) is 2. The van der Waals surface area contributed by atoms with Crippen molar-refractivity contribution in [3.63, 3.8) is 0 Å². The van der Waals surface area contributed by atoms with Crippen molar-refractivity contribution in [2.45, 2.75) is 4.90 Å². The van der Waals surface area contributed by atoms with Crippen LogP contribution in [-0.4, -0.2) is 18.7 Å². The first-order valence-corrected chi connectivity index (χ1v) is 6.30. The second kappa shape index (κ2) is 3.75. The van der Waals surface area contributed by atoms with Crippen LogP contribution in [0, 0.1) is 11.3 Å². The summed E-state index contributed by atoms with van der Waals surface area (Å²) in [5.41, 5.74) is 0.697. The average Bonchev–Trinajstić information content (AvgIpc) is 2.54. The second-order valence-corrected chi connectivity index (χ2v) is 5.46. The van der Waals surface area contributed by atoms with Crippen molar-refractivity contribution in [1.29, 1.82) is 5.26 Å². The van der Waals surface area contributed by atoms with Crippen molar-refractivity contribution >= 4 is 20.9 Å². The molecule has 0 unspecified atom stereocenters. The predicted octanol–water partition coefficient (Wildman–Crippen LogP) is 0.429. The lowest BCUT2D eigenvalue weighted by Gasteiger charge is -1.99. The van der Waals surface area contributed by atoms with Crippen molar-refractivity contribution in [2.75, 3.05) is 5.75 Å². The van der Waals surface area contributed by atoms with Gasteiger partial charge in [-0.05, 0) is 18.2 Å². The van der Waals surface area contributed by atoms with Crippen LogP contribution in [0.25, 0.3) is 11.1 Å². The molecule has 0 saturated heterocycles. The van der Waals surface area contributed by atoms with Crippen LogP contribution in [0.2, 0.25) is 0 Å². The molecule has 0 aliphatic carbocycles. The van der Waals surface area contributed by atoms with Crippen molar-refractivity contribution in [3.05, 3.63) is 28.7 Å². The van der Waals surface area contributed by atoms with Gasteiger partial charge in [0.25, 0.3) is 0 Å². The predicted molar refractivity (Wildman–Crippen MR) is 59.1 cm³/mol. The summed E-state index contributed by atoms with van der Waals surface area (Å²) in [5.74, 6) is -1.15. The first kappa shape index (κ1) is 11.4. The van der Waals surface area contributed by atoms with E-state index in [-0.39, 0.29) is 4.90 Å². The van der Waals surface area contributed by atoms with E-state index >= 15 is 0 Å². The number of hydrogen-bond acceptors (Lipinski definition) is 5. The third-order valence-corrected chi connectivity index (χ3v) is 3.86. The van der Waals surface area contributed by atoms with Gasteiger partial charge >= 0.3 is 5.76 Å². The number of aromatic nitrogens is 1. The number of aryl methyl sites for hydroxylation is 1. The van der Waals surface area contributed by atoms with E-state index in [0.717, 1.165) is 0 Å². The summed E-state index contributed by atoms with van der Waals surface area (Å²) in [6.45, 7) is 0. The quantitative estimate of drug-likeness (QED) is 0.772. The van der Waals surface area contributed by atoms with E-state index in [0.29, 0.717) is 11.1 Å². The number of hydrogen-bond donors (Lipinski definition) is 0. The van der Waals surface area contributed by atoms with Crippen LogP contribution >= 0.6 is 0 Å². The number of benzene rings is 1. The molecular formula is C10H8N2O4S. The second-order valence-electron chi connectivity index (χ2n) is 3.47. The number of sulfone groups is 1. The van der Waals surface area contributed by atoms with E-state index in [1.165, 1.54) is 29.8 Å². The molecule has 2 rings (SSSR count). The summed E-state index contributed by atoms with van der Waals surface area (Å²) in [5, 5.41) is 8.43. The smallest absolute Gasteiger partial charge is 0.408 e. The Hall–Kier alpha value is -2.07. The van der Waals surface area contributed by atoms with Crippen LogP contribution in [0.15, 0.2) is 32.3 Å². The SMILES string of the molecule is Cn1c(=O)oc2ccc(S(=O)(=O)CC#N)cc21. The van der Waals surface area contributed by atoms with Crippen LogP contribution in [0.3, 0.4) is 0 Å². The molecule has 0 radical (unpaired) electrons. The molecule has 6 nitrogen and oxygen atoms in total. The summed E-state index contributed by atoms with van der Waals surface area (Å²) in [6, 6.07) is 5.64. The van der Waals surface area contributed by atoms with Gasteiger partial charge in [0.05, 0.1) is 16.5 Å². The van der Waals surface area contributed by atoms with Crippen LogP contribution in [0.5, 0.6) is 0 Å². The molecule has 0 aliphatic rings. The number of nitriles is 1. The molecule has 0 fully saturated rings. The Labute approximate surface area is 96.6 Å². The topological polar surface area (TPSA) is 93.1 Å². The van der Waals surface area contributed by atoms with Gasteiger partial charge in [-0.3, -0.25) is 4.57 Å². The molecule has 88 valence electrons. The van der Waals surface area contributed by atoms with Crippen molar-refractivity contribution in [3.8, 4) is 6.07 Å². The van der Waals surface area contributed by atoms with E-state index in [4.69, 9.17) is 9.68 Å². The summed E-state index contributed by atoms with van der Waals surface area (Å²) in [6.07, 6.45) is 0. The van der Waals surface area contributed by atoms with E-state index in [2.05, 4.69) is 0 Å². The minimum absolute atomic E-state index is 0.00273. The zero-order chi connectivity index (χ0) is 12.6. The maximum atomic E-state index is 11.7. The third-order valence-electron chi connectivity index (χ3n) is 2.38. The fourth-order valence-electron chi connectivity index (χ4n) is 1.47. The maximum Gasteiger partial charge on any atom is 0.419 e. The summed E-state index contributed by atoms with van der Waals surface area (Å²) in [4.78, 5) is 11.2. The lowest BCUT2D eigenvalue weighted by molar-refractivity contribution is 0.528. The van der Waals surface area contributed by atoms with E-state index in [1.807, 2.05) is 0 Å². The molecule has 0 bridgehead atoms. The highest BCUT2D eigenvalue weighted by molar-refractivity contribution is 7.91. The van der Waals surface area contributed by atoms with Crippen LogP contribution in [0.1, 0.15) is 0 Å². The van der Waals surface area contributed by atoms with Gasteiger partial charge in [-0.2, -0.15) is 5.26 Å². The fraction of sp³-hybridized carbons (Fsp3) is 0.200. The standard InChI is InChI=1S/C10H8N2O4S/c1-12-8-6-7(17(14,15)5-4-11)2-3-9(8)16-10(12)13/h2-3,6H,5H2,1H3. The zero-order valence-electron chi connectivity index (χ0n) is 8.87. The van der Waals surface area contributed by atoms with Crippen LogP contribution < -0.4 is 5.76 Å². The molecule has 0 amide bonds. The van der Waals surface area contributed by atoms with Gasteiger partial charge in [0, 0.05) is 7.05 Å². The highest BCUT2D eigenvalue weighted by atomic mass is 32.2. The molecule has 1 aromatic carbocycles. The van der Waals surface area contributed by atoms with Crippen LogP contribution in [-0.2, 0) is 16.9 Å². The number of oxazole rings is 1. The average molecular weight is 252 g/mol. The summed E-state index contributed by atoms with van der Waals surface area (Å²) < 4.78 is 29.4. The highest BCUT2D eigenvalue weighted by Gasteiger charge is 2.16. The van der Waals surface area contributed by atoms with E-state index in [9.17, 15) is 13.2 Å². The number of rotatable bonds is 2. The molecule has 1 heterocycles. The number of fused-ring (bicyclic) bond motifs is 1. The van der Waals surface area contributed by atoms with Gasteiger partial charge in [-0.15, -0.1) is 0 Å². The van der Waals surface area contributed by atoms with Gasteiger partial charge in [0.1, 0.15) is 5.75 Å². The molecule has 2 aromatic rings. The van der Waals surface area contributed by atoms with E-state index in [1.54, 1.807) is 6.07 Å². The highest BCUT2D eigenvalue weighted by Crippen LogP contribution is 2.18. The molecule has 17 heavy (non-hydrogen) atoms. The van der Waals surface area contributed by atoms with Gasteiger partial charge < -0.3 is 4.42 Å². The third kappa shape index (κ3) is 1.83. The van der Waals surface area contributed by atoms with Crippen molar-refractivity contribution in [2.24, 2.45) is 7.05 Å². The first-order chi connectivity index (χ1) is 7.95. The lowest BCUT2D eigenvalue weighted by atomic mass is 10.3. The van der Waals surface area contributed by atoms with Crippen molar-refractivity contribution in [1.82, 2.24) is 4.57 Å². The monoisotopic (exact) mass is 252 g/mol. The first-order valence-electron chi connectivity index (χ1n) is 4.65. The Morgan fingerprint density at radius 3 is 2.82 bits per heavy atom. The van der Waals surface area contributed by atoms with Gasteiger partial charge in [-0.1, -0.05) is 0 Å². The Kier molecular flexibility index (Phi) is 2.52. The van der Waals surface area contributed by atoms with Gasteiger partial charge in [0.15, 0.2) is 15.4 Å². The Bertz CT molecular complexity index is 777. The largest absolute Gasteiger partial charge is 0.419 e. The van der Waals surface area contributed by atoms with Gasteiger partial charge in [0.2, 0.25) is 0 Å².